The van der Waals surface area contributed by atoms with E-state index in [9.17, 15) is 9.90 Å². The Morgan fingerprint density at radius 2 is 2.00 bits per heavy atom. The second kappa shape index (κ2) is 7.33. The largest absolute Gasteiger partial charge is 0.477 e. The lowest BCUT2D eigenvalue weighted by Gasteiger charge is -2.14. The number of aryl methyl sites for hydroxylation is 1. The number of carbonyl (C=O) groups is 1. The number of hydrogen-bond donors (Lipinski definition) is 1. The summed E-state index contributed by atoms with van der Waals surface area (Å²) in [5, 5.41) is 10.1. The first-order valence-electron chi connectivity index (χ1n) is 7.04. The van der Waals surface area contributed by atoms with E-state index in [0.717, 1.165) is 30.1 Å². The fraction of sp³-hybridized carbons (Fsp3) is 0.375. The third-order valence-electron chi connectivity index (χ3n) is 3.12. The minimum atomic E-state index is -0.868. The lowest BCUT2D eigenvalue weighted by Crippen LogP contribution is -2.17. The zero-order chi connectivity index (χ0) is 15.2. The van der Waals surface area contributed by atoms with Crippen LogP contribution in [0.15, 0.2) is 30.3 Å². The van der Waals surface area contributed by atoms with Crippen molar-refractivity contribution < 1.29 is 9.90 Å². The summed E-state index contributed by atoms with van der Waals surface area (Å²) in [5.41, 5.74) is 1.96. The summed E-state index contributed by atoms with van der Waals surface area (Å²) in [6, 6.07) is 10.2. The van der Waals surface area contributed by atoms with Gasteiger partial charge in [-0.15, -0.1) is 11.3 Å². The Morgan fingerprint density at radius 3 is 2.62 bits per heavy atom. The van der Waals surface area contributed by atoms with Crippen molar-refractivity contribution in [1.29, 1.82) is 0 Å². The summed E-state index contributed by atoms with van der Waals surface area (Å²) in [7, 11) is 2.02. The highest BCUT2D eigenvalue weighted by Gasteiger charge is 2.17. The fourth-order valence-corrected chi connectivity index (χ4v) is 3.25. The van der Waals surface area contributed by atoms with Gasteiger partial charge in [0.1, 0.15) is 9.88 Å². The number of benzene rings is 1. The molecule has 5 heteroatoms. The molecule has 0 aliphatic rings. The Kier molecular flexibility index (Phi) is 5.47. The van der Waals surface area contributed by atoms with E-state index in [2.05, 4.69) is 22.0 Å². The van der Waals surface area contributed by atoms with Gasteiger partial charge >= 0.3 is 5.97 Å². The maximum absolute atomic E-state index is 11.2. The van der Waals surface area contributed by atoms with Gasteiger partial charge in [-0.2, -0.15) is 0 Å². The molecule has 0 aliphatic heterocycles. The molecule has 0 amide bonds. The number of nitrogens with zero attached hydrogens (tertiary/aromatic N) is 2. The lowest BCUT2D eigenvalue weighted by atomic mass is 10.2. The predicted octanol–water partition coefficient (Wildman–Crippen LogP) is 3.43. The van der Waals surface area contributed by atoms with Crippen LogP contribution in [0.25, 0.3) is 0 Å². The van der Waals surface area contributed by atoms with Crippen LogP contribution in [0, 0.1) is 0 Å². The maximum atomic E-state index is 11.2. The molecule has 0 atom stereocenters. The Balaban J connectivity index is 2.05. The highest BCUT2D eigenvalue weighted by Crippen LogP contribution is 2.21. The Hall–Kier alpha value is -1.72. The standard InChI is InChI=1S/C16H20N2O2S/c1-3-7-13-15(16(19)20)21-14(17-13)11-18(2)10-12-8-5-4-6-9-12/h4-6,8-9H,3,7,10-11H2,1-2H3,(H,19,20). The molecule has 0 radical (unpaired) electrons. The number of aromatic carboxylic acids is 1. The minimum absolute atomic E-state index is 0.389. The van der Waals surface area contributed by atoms with Crippen LogP contribution in [0.4, 0.5) is 0 Å². The third kappa shape index (κ3) is 4.37. The first-order valence-corrected chi connectivity index (χ1v) is 7.86. The van der Waals surface area contributed by atoms with Crippen LogP contribution in [0.3, 0.4) is 0 Å². The number of aromatic nitrogens is 1. The highest BCUT2D eigenvalue weighted by molar-refractivity contribution is 7.13. The van der Waals surface area contributed by atoms with E-state index in [-0.39, 0.29) is 0 Å². The van der Waals surface area contributed by atoms with E-state index in [1.807, 2.05) is 32.2 Å². The van der Waals surface area contributed by atoms with Gasteiger partial charge in [0.05, 0.1) is 12.2 Å². The number of carboxylic acids is 1. The quantitative estimate of drug-likeness (QED) is 0.851. The molecule has 1 heterocycles. The number of thiazole rings is 1. The summed E-state index contributed by atoms with van der Waals surface area (Å²) in [5.74, 6) is -0.868. The Morgan fingerprint density at radius 1 is 1.29 bits per heavy atom. The summed E-state index contributed by atoms with van der Waals surface area (Å²) < 4.78 is 0. The van der Waals surface area contributed by atoms with Crippen molar-refractivity contribution in [2.24, 2.45) is 0 Å². The molecule has 2 rings (SSSR count). The molecule has 0 aliphatic carbocycles. The summed E-state index contributed by atoms with van der Waals surface area (Å²) in [6.07, 6.45) is 1.63. The topological polar surface area (TPSA) is 53.4 Å². The number of rotatable bonds is 7. The SMILES string of the molecule is CCCc1nc(CN(C)Cc2ccccc2)sc1C(=O)O. The molecule has 0 unspecified atom stereocenters. The minimum Gasteiger partial charge on any atom is -0.477 e. The van der Waals surface area contributed by atoms with Gasteiger partial charge < -0.3 is 5.11 Å². The summed E-state index contributed by atoms with van der Waals surface area (Å²) in [6.45, 7) is 3.53. The van der Waals surface area contributed by atoms with Gasteiger partial charge in [0.15, 0.2) is 0 Å². The van der Waals surface area contributed by atoms with Crippen LogP contribution >= 0.6 is 11.3 Å². The van der Waals surface area contributed by atoms with Crippen molar-refractivity contribution >= 4 is 17.3 Å². The zero-order valence-electron chi connectivity index (χ0n) is 12.4. The molecule has 0 spiro atoms. The highest BCUT2D eigenvalue weighted by atomic mass is 32.1. The van der Waals surface area contributed by atoms with Crippen molar-refractivity contribution in [1.82, 2.24) is 9.88 Å². The fourth-order valence-electron chi connectivity index (χ4n) is 2.22. The van der Waals surface area contributed by atoms with Gasteiger partial charge in [0.25, 0.3) is 0 Å². The third-order valence-corrected chi connectivity index (χ3v) is 4.19. The van der Waals surface area contributed by atoms with Gasteiger partial charge in [-0.05, 0) is 19.0 Å². The van der Waals surface area contributed by atoms with E-state index in [1.165, 1.54) is 16.9 Å². The number of carboxylic acid groups (broad SMARTS) is 1. The van der Waals surface area contributed by atoms with Crippen LogP contribution < -0.4 is 0 Å². The van der Waals surface area contributed by atoms with Crippen molar-refractivity contribution in [3.05, 3.63) is 51.5 Å². The molecule has 21 heavy (non-hydrogen) atoms. The molecule has 1 aromatic carbocycles. The van der Waals surface area contributed by atoms with Crippen molar-refractivity contribution in [3.8, 4) is 0 Å². The molecule has 4 nitrogen and oxygen atoms in total. The van der Waals surface area contributed by atoms with E-state index in [0.29, 0.717) is 11.4 Å². The van der Waals surface area contributed by atoms with E-state index < -0.39 is 5.97 Å². The van der Waals surface area contributed by atoms with Crippen LogP contribution in [0.2, 0.25) is 0 Å². The Labute approximate surface area is 129 Å². The van der Waals surface area contributed by atoms with Crippen LogP contribution in [0.1, 0.15) is 39.3 Å². The molecule has 0 saturated carbocycles. The molecule has 2 aromatic rings. The van der Waals surface area contributed by atoms with Gasteiger partial charge in [-0.25, -0.2) is 9.78 Å². The molecular weight excluding hydrogens is 284 g/mol. The molecule has 1 N–H and O–H groups in total. The van der Waals surface area contributed by atoms with Crippen molar-refractivity contribution in [2.75, 3.05) is 7.05 Å². The van der Waals surface area contributed by atoms with Crippen molar-refractivity contribution in [3.63, 3.8) is 0 Å². The molecule has 0 bridgehead atoms. The van der Waals surface area contributed by atoms with Crippen LogP contribution in [-0.4, -0.2) is 28.0 Å². The monoisotopic (exact) mass is 304 g/mol. The van der Waals surface area contributed by atoms with E-state index >= 15 is 0 Å². The molecule has 112 valence electrons. The van der Waals surface area contributed by atoms with Gasteiger partial charge in [-0.1, -0.05) is 43.7 Å². The second-order valence-electron chi connectivity index (χ2n) is 5.10. The number of hydrogen-bond acceptors (Lipinski definition) is 4. The van der Waals surface area contributed by atoms with E-state index in [1.54, 1.807) is 0 Å². The smallest absolute Gasteiger partial charge is 0.347 e. The first kappa shape index (κ1) is 15.7. The first-order chi connectivity index (χ1) is 10.1. The zero-order valence-corrected chi connectivity index (χ0v) is 13.2. The van der Waals surface area contributed by atoms with E-state index in [4.69, 9.17) is 0 Å². The molecule has 0 saturated heterocycles. The second-order valence-corrected chi connectivity index (χ2v) is 6.18. The summed E-state index contributed by atoms with van der Waals surface area (Å²) in [4.78, 5) is 18.3. The summed E-state index contributed by atoms with van der Waals surface area (Å²) >= 11 is 1.29. The van der Waals surface area contributed by atoms with Gasteiger partial charge in [0.2, 0.25) is 0 Å². The van der Waals surface area contributed by atoms with Gasteiger partial charge in [-0.3, -0.25) is 4.90 Å². The molecular formula is C16H20N2O2S. The van der Waals surface area contributed by atoms with Crippen LogP contribution in [-0.2, 0) is 19.5 Å². The van der Waals surface area contributed by atoms with Gasteiger partial charge in [0, 0.05) is 6.54 Å². The maximum Gasteiger partial charge on any atom is 0.347 e. The Bertz CT molecular complexity index is 596. The van der Waals surface area contributed by atoms with Crippen molar-refractivity contribution in [2.45, 2.75) is 32.9 Å². The molecule has 0 fully saturated rings. The predicted molar refractivity (Wildman–Crippen MR) is 84.7 cm³/mol. The average molecular weight is 304 g/mol. The molecule has 1 aromatic heterocycles. The average Bonchev–Trinajstić information content (AvgIpc) is 2.83. The van der Waals surface area contributed by atoms with Crippen LogP contribution in [0.5, 0.6) is 0 Å². The lowest BCUT2D eigenvalue weighted by molar-refractivity contribution is 0.0700. The normalized spacial score (nSPS) is 11.0.